The lowest BCUT2D eigenvalue weighted by molar-refractivity contribution is -0.385. The number of nitro groups is 1. The molecule has 0 unspecified atom stereocenters. The van der Waals surface area contributed by atoms with E-state index in [2.05, 4.69) is 15.2 Å². The summed E-state index contributed by atoms with van der Waals surface area (Å²) in [5, 5.41) is 17.2. The van der Waals surface area contributed by atoms with Crippen molar-refractivity contribution in [2.75, 3.05) is 0 Å². The van der Waals surface area contributed by atoms with Crippen LogP contribution in [-0.2, 0) is 0 Å². The molecule has 6 nitrogen and oxygen atoms in total. The van der Waals surface area contributed by atoms with Crippen LogP contribution in [0.1, 0.15) is 5.56 Å². The lowest BCUT2D eigenvalue weighted by Gasteiger charge is -1.99. The lowest BCUT2D eigenvalue weighted by Crippen LogP contribution is -1.94. The van der Waals surface area contributed by atoms with Crippen LogP contribution in [0.2, 0.25) is 0 Å². The number of hydrogen-bond donors (Lipinski definition) is 1. The first-order valence-corrected chi connectivity index (χ1v) is 4.29. The van der Waals surface area contributed by atoms with Crippen molar-refractivity contribution >= 4 is 5.69 Å². The molecule has 0 spiro atoms. The van der Waals surface area contributed by atoms with Crippen molar-refractivity contribution in [2.24, 2.45) is 0 Å². The van der Waals surface area contributed by atoms with E-state index in [0.29, 0.717) is 17.0 Å². The molecule has 0 atom stereocenters. The molecule has 0 saturated heterocycles. The van der Waals surface area contributed by atoms with Crippen molar-refractivity contribution in [3.63, 3.8) is 0 Å². The van der Waals surface area contributed by atoms with Crippen LogP contribution >= 0.6 is 0 Å². The topological polar surface area (TPSA) is 84.7 Å². The van der Waals surface area contributed by atoms with Gasteiger partial charge in [-0.2, -0.15) is 5.10 Å². The maximum absolute atomic E-state index is 10.7. The highest BCUT2D eigenvalue weighted by molar-refractivity contribution is 5.58. The summed E-state index contributed by atoms with van der Waals surface area (Å²) >= 11 is 0. The fraction of sp³-hybridized carbons (Fsp3) is 0.111. The molecule has 0 saturated carbocycles. The number of hydrogen-bond acceptors (Lipinski definition) is 4. The molecule has 6 heteroatoms. The van der Waals surface area contributed by atoms with E-state index < -0.39 is 4.92 Å². The highest BCUT2D eigenvalue weighted by Crippen LogP contribution is 2.22. The Morgan fingerprint density at radius 1 is 1.53 bits per heavy atom. The van der Waals surface area contributed by atoms with Gasteiger partial charge in [-0.25, -0.2) is 0 Å². The van der Waals surface area contributed by atoms with Gasteiger partial charge in [-0.05, 0) is 13.0 Å². The van der Waals surface area contributed by atoms with Gasteiger partial charge in [-0.15, -0.1) is 0 Å². The molecule has 0 fully saturated rings. The van der Waals surface area contributed by atoms with Crippen molar-refractivity contribution < 1.29 is 4.92 Å². The summed E-state index contributed by atoms with van der Waals surface area (Å²) in [7, 11) is 0. The van der Waals surface area contributed by atoms with Crippen molar-refractivity contribution in [1.82, 2.24) is 15.2 Å². The minimum Gasteiger partial charge on any atom is -0.276 e. The first-order valence-electron chi connectivity index (χ1n) is 4.29. The minimum absolute atomic E-state index is 0.0644. The minimum atomic E-state index is -0.420. The van der Waals surface area contributed by atoms with E-state index in [1.165, 1.54) is 12.3 Å². The van der Waals surface area contributed by atoms with E-state index in [1.54, 1.807) is 19.2 Å². The van der Waals surface area contributed by atoms with Crippen LogP contribution in [0.3, 0.4) is 0 Å². The monoisotopic (exact) mass is 204 g/mol. The van der Waals surface area contributed by atoms with Crippen molar-refractivity contribution in [2.45, 2.75) is 6.92 Å². The number of aromatic nitrogens is 3. The van der Waals surface area contributed by atoms with E-state index in [4.69, 9.17) is 0 Å². The largest absolute Gasteiger partial charge is 0.276 e. The number of aryl methyl sites for hydroxylation is 1. The first kappa shape index (κ1) is 9.32. The Morgan fingerprint density at radius 3 is 2.93 bits per heavy atom. The molecule has 2 aromatic rings. The smallest absolute Gasteiger partial charge is 0.276 e. The molecule has 2 rings (SSSR count). The standard InChI is InChI=1S/C9H8N4O2/c1-6-5-10-8(4-9(6)13(14)15)7-2-3-11-12-7/h2-5H,1H3,(H,11,12). The summed E-state index contributed by atoms with van der Waals surface area (Å²) in [5.74, 6) is 0. The van der Waals surface area contributed by atoms with Gasteiger partial charge in [0, 0.05) is 24.0 Å². The third kappa shape index (κ3) is 1.69. The maximum Gasteiger partial charge on any atom is 0.276 e. The number of nitrogens with one attached hydrogen (secondary N) is 1. The number of aromatic amines is 1. The summed E-state index contributed by atoms with van der Waals surface area (Å²) in [4.78, 5) is 14.4. The molecular formula is C9H8N4O2. The van der Waals surface area contributed by atoms with Gasteiger partial charge in [0.1, 0.15) is 0 Å². The molecule has 0 aliphatic rings. The molecule has 0 aliphatic carbocycles. The van der Waals surface area contributed by atoms with Crippen LogP contribution in [0.25, 0.3) is 11.4 Å². The van der Waals surface area contributed by atoms with Crippen LogP contribution in [-0.4, -0.2) is 20.1 Å². The van der Waals surface area contributed by atoms with Crippen molar-refractivity contribution in [3.8, 4) is 11.4 Å². The van der Waals surface area contributed by atoms with Gasteiger partial charge in [-0.1, -0.05) is 0 Å². The van der Waals surface area contributed by atoms with E-state index in [1.807, 2.05) is 0 Å². The Labute approximate surface area is 85.1 Å². The zero-order valence-corrected chi connectivity index (χ0v) is 7.97. The predicted octanol–water partition coefficient (Wildman–Crippen LogP) is 1.69. The summed E-state index contributed by atoms with van der Waals surface area (Å²) in [6.07, 6.45) is 3.05. The van der Waals surface area contributed by atoms with Crippen LogP contribution in [0.15, 0.2) is 24.5 Å². The van der Waals surface area contributed by atoms with Crippen LogP contribution in [0.5, 0.6) is 0 Å². The van der Waals surface area contributed by atoms with Gasteiger partial charge in [0.2, 0.25) is 0 Å². The van der Waals surface area contributed by atoms with Crippen LogP contribution < -0.4 is 0 Å². The Kier molecular flexibility index (Phi) is 2.17. The Bertz CT molecular complexity index is 493. The molecule has 2 aromatic heterocycles. The summed E-state index contributed by atoms with van der Waals surface area (Å²) < 4.78 is 0. The number of rotatable bonds is 2. The molecule has 2 heterocycles. The van der Waals surface area contributed by atoms with E-state index in [0.717, 1.165) is 0 Å². The average Bonchev–Trinajstić information content (AvgIpc) is 2.71. The van der Waals surface area contributed by atoms with Crippen LogP contribution in [0.4, 0.5) is 5.69 Å². The predicted molar refractivity (Wildman–Crippen MR) is 53.2 cm³/mol. The molecule has 0 aliphatic heterocycles. The highest BCUT2D eigenvalue weighted by atomic mass is 16.6. The number of pyridine rings is 1. The highest BCUT2D eigenvalue weighted by Gasteiger charge is 2.13. The van der Waals surface area contributed by atoms with Gasteiger partial charge in [-0.3, -0.25) is 20.2 Å². The Morgan fingerprint density at radius 2 is 2.33 bits per heavy atom. The average molecular weight is 204 g/mol. The number of nitrogens with zero attached hydrogens (tertiary/aromatic N) is 3. The van der Waals surface area contributed by atoms with E-state index in [-0.39, 0.29) is 5.69 Å². The second-order valence-electron chi connectivity index (χ2n) is 3.08. The van der Waals surface area contributed by atoms with Gasteiger partial charge in [0.15, 0.2) is 0 Å². The van der Waals surface area contributed by atoms with Gasteiger partial charge < -0.3 is 0 Å². The molecule has 1 N–H and O–H groups in total. The lowest BCUT2D eigenvalue weighted by atomic mass is 10.2. The normalized spacial score (nSPS) is 10.2. The SMILES string of the molecule is Cc1cnc(-c2ccn[nH]2)cc1[N+](=O)[O-]. The first-order chi connectivity index (χ1) is 7.18. The molecule has 0 aromatic carbocycles. The Hall–Kier alpha value is -2.24. The second kappa shape index (κ2) is 3.49. The zero-order chi connectivity index (χ0) is 10.8. The molecule has 0 amide bonds. The summed E-state index contributed by atoms with van der Waals surface area (Å²) in [5.41, 5.74) is 1.79. The maximum atomic E-state index is 10.7. The van der Waals surface area contributed by atoms with Crippen molar-refractivity contribution in [3.05, 3.63) is 40.2 Å². The van der Waals surface area contributed by atoms with E-state index in [9.17, 15) is 10.1 Å². The molecular weight excluding hydrogens is 196 g/mol. The third-order valence-corrected chi connectivity index (χ3v) is 2.05. The zero-order valence-electron chi connectivity index (χ0n) is 7.97. The fourth-order valence-electron chi connectivity index (χ4n) is 1.26. The summed E-state index contributed by atoms with van der Waals surface area (Å²) in [6.45, 7) is 1.65. The van der Waals surface area contributed by atoms with Gasteiger partial charge in [0.25, 0.3) is 5.69 Å². The third-order valence-electron chi connectivity index (χ3n) is 2.05. The van der Waals surface area contributed by atoms with Crippen LogP contribution in [0, 0.1) is 17.0 Å². The second-order valence-corrected chi connectivity index (χ2v) is 3.08. The quantitative estimate of drug-likeness (QED) is 0.595. The molecule has 0 radical (unpaired) electrons. The Balaban J connectivity index is 2.52. The van der Waals surface area contributed by atoms with Gasteiger partial charge >= 0.3 is 0 Å². The fourth-order valence-corrected chi connectivity index (χ4v) is 1.26. The number of H-pyrrole nitrogens is 1. The molecule has 15 heavy (non-hydrogen) atoms. The molecule has 76 valence electrons. The molecule has 0 bridgehead atoms. The van der Waals surface area contributed by atoms with Gasteiger partial charge in [0.05, 0.1) is 16.3 Å². The van der Waals surface area contributed by atoms with Crippen molar-refractivity contribution in [1.29, 1.82) is 0 Å². The van der Waals surface area contributed by atoms with E-state index >= 15 is 0 Å². The summed E-state index contributed by atoms with van der Waals surface area (Å²) in [6, 6.07) is 3.14.